The van der Waals surface area contributed by atoms with E-state index in [1.807, 2.05) is 35.1 Å². The van der Waals surface area contributed by atoms with Crippen molar-refractivity contribution in [1.29, 1.82) is 0 Å². The van der Waals surface area contributed by atoms with Crippen LogP contribution in [0.15, 0.2) is 53.8 Å². The number of hydrogen-bond acceptors (Lipinski definition) is 5. The van der Waals surface area contributed by atoms with Gasteiger partial charge in [-0.1, -0.05) is 54.8 Å². The zero-order valence-electron chi connectivity index (χ0n) is 16.2. The Labute approximate surface area is 165 Å². The molecule has 0 amide bonds. The molecule has 0 atom stereocenters. The number of aromatic nitrogens is 4. The Balaban J connectivity index is 1.56. The number of oxime groups is 1. The molecule has 0 spiro atoms. The molecule has 1 aliphatic carbocycles. The van der Waals surface area contributed by atoms with Gasteiger partial charge in [0.05, 0.1) is 6.21 Å². The molecule has 2 heterocycles. The molecule has 6 nitrogen and oxygen atoms in total. The van der Waals surface area contributed by atoms with E-state index < -0.39 is 0 Å². The van der Waals surface area contributed by atoms with Crippen LogP contribution in [0.2, 0.25) is 0 Å². The Morgan fingerprint density at radius 1 is 1.18 bits per heavy atom. The third-order valence-corrected chi connectivity index (χ3v) is 5.19. The predicted molar refractivity (Wildman–Crippen MR) is 109 cm³/mol. The highest BCUT2D eigenvalue weighted by atomic mass is 16.6. The summed E-state index contributed by atoms with van der Waals surface area (Å²) in [5.41, 5.74) is 3.11. The molecule has 1 aliphatic rings. The maximum atomic E-state index is 4.88. The molecule has 0 saturated heterocycles. The van der Waals surface area contributed by atoms with Crippen LogP contribution in [0, 0.1) is 5.92 Å². The van der Waals surface area contributed by atoms with Crippen molar-refractivity contribution in [2.75, 3.05) is 7.11 Å². The van der Waals surface area contributed by atoms with Crippen molar-refractivity contribution in [3.8, 4) is 11.4 Å². The van der Waals surface area contributed by atoms with Crippen molar-refractivity contribution in [3.05, 3.63) is 65.7 Å². The van der Waals surface area contributed by atoms with Gasteiger partial charge in [0.1, 0.15) is 7.11 Å². The van der Waals surface area contributed by atoms with Gasteiger partial charge < -0.3 is 4.84 Å². The standard InChI is InChI=1S/C22H25N5O/c1-28-24-16-18-8-10-19(11-9-18)22-25-21(15-17-5-4-6-17)26-27(22)14-12-20-7-2-3-13-23-20/h2-3,7-11,13,16-17H,4-6,12,14-15H2,1H3/b24-16+. The smallest absolute Gasteiger partial charge is 0.158 e. The van der Waals surface area contributed by atoms with Gasteiger partial charge in [-0.25, -0.2) is 9.67 Å². The number of benzene rings is 1. The fourth-order valence-corrected chi connectivity index (χ4v) is 3.40. The van der Waals surface area contributed by atoms with Crippen LogP contribution in [0.5, 0.6) is 0 Å². The minimum atomic E-state index is 0.743. The first-order valence-corrected chi connectivity index (χ1v) is 9.82. The monoisotopic (exact) mass is 375 g/mol. The molecule has 1 aromatic carbocycles. The summed E-state index contributed by atoms with van der Waals surface area (Å²) >= 11 is 0. The molecular formula is C22H25N5O. The van der Waals surface area contributed by atoms with E-state index in [-0.39, 0.29) is 0 Å². The summed E-state index contributed by atoms with van der Waals surface area (Å²) < 4.78 is 2.03. The van der Waals surface area contributed by atoms with E-state index in [4.69, 9.17) is 14.9 Å². The predicted octanol–water partition coefficient (Wildman–Crippen LogP) is 3.91. The Bertz CT molecular complexity index is 914. The van der Waals surface area contributed by atoms with Gasteiger partial charge in [-0.3, -0.25) is 4.98 Å². The molecule has 0 unspecified atom stereocenters. The molecule has 0 N–H and O–H groups in total. The molecule has 0 radical (unpaired) electrons. The quantitative estimate of drug-likeness (QED) is 0.442. The topological polar surface area (TPSA) is 65.2 Å². The van der Waals surface area contributed by atoms with Crippen LogP contribution in [0.3, 0.4) is 0 Å². The first-order chi connectivity index (χ1) is 13.8. The lowest BCUT2D eigenvalue weighted by atomic mass is 9.83. The number of nitrogens with zero attached hydrogens (tertiary/aromatic N) is 5. The lowest BCUT2D eigenvalue weighted by molar-refractivity contribution is 0.215. The Morgan fingerprint density at radius 3 is 2.71 bits per heavy atom. The van der Waals surface area contributed by atoms with Crippen molar-refractivity contribution in [2.45, 2.75) is 38.6 Å². The van der Waals surface area contributed by atoms with Crippen LogP contribution in [0.4, 0.5) is 0 Å². The maximum absolute atomic E-state index is 4.88. The van der Waals surface area contributed by atoms with Gasteiger partial charge in [0, 0.05) is 36.8 Å². The molecule has 2 aromatic heterocycles. The first kappa shape index (κ1) is 18.3. The molecular weight excluding hydrogens is 350 g/mol. The Morgan fingerprint density at radius 2 is 2.04 bits per heavy atom. The number of hydrogen-bond donors (Lipinski definition) is 0. The lowest BCUT2D eigenvalue weighted by Crippen LogP contribution is -2.14. The lowest BCUT2D eigenvalue weighted by Gasteiger charge is -2.23. The Kier molecular flexibility index (Phi) is 5.75. The third kappa shape index (κ3) is 4.44. The highest BCUT2D eigenvalue weighted by Crippen LogP contribution is 2.29. The average molecular weight is 375 g/mol. The highest BCUT2D eigenvalue weighted by Gasteiger charge is 2.21. The largest absolute Gasteiger partial charge is 0.399 e. The van der Waals surface area contributed by atoms with E-state index in [9.17, 15) is 0 Å². The molecule has 0 bridgehead atoms. The van der Waals surface area contributed by atoms with Gasteiger partial charge in [-0.05, 0) is 23.6 Å². The van der Waals surface area contributed by atoms with Crippen molar-refractivity contribution in [1.82, 2.24) is 19.7 Å². The van der Waals surface area contributed by atoms with Gasteiger partial charge in [-0.15, -0.1) is 0 Å². The van der Waals surface area contributed by atoms with Crippen LogP contribution in [0.25, 0.3) is 11.4 Å². The zero-order chi connectivity index (χ0) is 19.2. The van der Waals surface area contributed by atoms with Gasteiger partial charge in [-0.2, -0.15) is 5.10 Å². The van der Waals surface area contributed by atoms with E-state index in [1.165, 1.54) is 19.3 Å². The van der Waals surface area contributed by atoms with E-state index in [2.05, 4.69) is 28.3 Å². The summed E-state index contributed by atoms with van der Waals surface area (Å²) in [6.45, 7) is 0.761. The van der Waals surface area contributed by atoms with Crippen LogP contribution in [-0.2, 0) is 24.2 Å². The number of aryl methyl sites for hydroxylation is 2. The highest BCUT2D eigenvalue weighted by molar-refractivity contribution is 5.80. The van der Waals surface area contributed by atoms with Crippen LogP contribution in [-0.4, -0.2) is 33.1 Å². The fourth-order valence-electron chi connectivity index (χ4n) is 3.40. The van der Waals surface area contributed by atoms with Crippen molar-refractivity contribution in [2.24, 2.45) is 11.1 Å². The maximum Gasteiger partial charge on any atom is 0.158 e. The van der Waals surface area contributed by atoms with Gasteiger partial charge in [0.2, 0.25) is 0 Å². The fraction of sp³-hybridized carbons (Fsp3) is 0.364. The summed E-state index contributed by atoms with van der Waals surface area (Å²) in [6.07, 6.45) is 9.26. The molecule has 1 fully saturated rings. The molecule has 6 heteroatoms. The molecule has 28 heavy (non-hydrogen) atoms. The van der Waals surface area contributed by atoms with Gasteiger partial charge in [0.15, 0.2) is 11.6 Å². The SMILES string of the molecule is CO/N=C/c1ccc(-c2nc(CC3CCC3)nn2CCc2ccccn2)cc1. The molecule has 0 aliphatic heterocycles. The second kappa shape index (κ2) is 8.78. The van der Waals surface area contributed by atoms with E-state index >= 15 is 0 Å². The summed E-state index contributed by atoms with van der Waals surface area (Å²) in [6, 6.07) is 14.2. The summed E-state index contributed by atoms with van der Waals surface area (Å²) in [5.74, 6) is 2.61. The van der Waals surface area contributed by atoms with Gasteiger partial charge in [0.25, 0.3) is 0 Å². The van der Waals surface area contributed by atoms with Crippen LogP contribution >= 0.6 is 0 Å². The number of pyridine rings is 1. The first-order valence-electron chi connectivity index (χ1n) is 9.82. The minimum absolute atomic E-state index is 0.743. The average Bonchev–Trinajstić information content (AvgIpc) is 3.12. The summed E-state index contributed by atoms with van der Waals surface area (Å²) in [7, 11) is 1.54. The van der Waals surface area contributed by atoms with Crippen LogP contribution in [0.1, 0.15) is 36.3 Å². The third-order valence-electron chi connectivity index (χ3n) is 5.19. The molecule has 1 saturated carbocycles. The van der Waals surface area contributed by atoms with Crippen molar-refractivity contribution in [3.63, 3.8) is 0 Å². The second-order valence-electron chi connectivity index (χ2n) is 7.19. The molecule has 3 aromatic rings. The van der Waals surface area contributed by atoms with Crippen molar-refractivity contribution < 1.29 is 4.84 Å². The second-order valence-corrected chi connectivity index (χ2v) is 7.19. The summed E-state index contributed by atoms with van der Waals surface area (Å²) in [5, 5.41) is 8.64. The van der Waals surface area contributed by atoms with E-state index in [0.29, 0.717) is 0 Å². The Hall–Kier alpha value is -3.02. The molecule has 144 valence electrons. The van der Waals surface area contributed by atoms with E-state index in [1.54, 1.807) is 13.3 Å². The molecule has 4 rings (SSSR count). The van der Waals surface area contributed by atoms with E-state index in [0.717, 1.165) is 53.8 Å². The zero-order valence-corrected chi connectivity index (χ0v) is 16.2. The minimum Gasteiger partial charge on any atom is -0.399 e. The number of rotatable bonds is 8. The van der Waals surface area contributed by atoms with Crippen molar-refractivity contribution >= 4 is 6.21 Å². The van der Waals surface area contributed by atoms with Crippen LogP contribution < -0.4 is 0 Å². The van der Waals surface area contributed by atoms with Gasteiger partial charge >= 0.3 is 0 Å². The normalized spacial score (nSPS) is 14.3. The summed E-state index contributed by atoms with van der Waals surface area (Å²) in [4.78, 5) is 14.1.